The Balaban J connectivity index is 1.37. The van der Waals surface area contributed by atoms with Gasteiger partial charge in [-0.05, 0) is 49.2 Å². The van der Waals surface area contributed by atoms with E-state index in [0.29, 0.717) is 34.7 Å². The maximum atomic E-state index is 6.25. The van der Waals surface area contributed by atoms with Crippen LogP contribution in [-0.4, -0.2) is 44.8 Å². The van der Waals surface area contributed by atoms with Gasteiger partial charge in [-0.2, -0.15) is 0 Å². The van der Waals surface area contributed by atoms with Crippen molar-refractivity contribution >= 4 is 23.4 Å². The normalized spacial score (nSPS) is 15.8. The molecule has 0 spiro atoms. The largest absolute Gasteiger partial charge is 0.497 e. The highest BCUT2D eigenvalue weighted by atomic mass is 35.5. The Labute approximate surface area is 200 Å². The van der Waals surface area contributed by atoms with E-state index in [1.165, 1.54) is 11.8 Å². The molecule has 33 heavy (non-hydrogen) atoms. The standard InChI is InChI=1S/C23H22ClN5O3S/c1-30-16-10-8-15(9-11-16)21-26-28-23(29(21)13-17-5-4-12-31-17)33-14-20-25-27-22(32-20)18-6-2-3-7-19(18)24/h2-3,6-11,17H,4-5,12-14H2,1H3/t17-/m1/s1. The molecule has 1 saturated heterocycles. The lowest BCUT2D eigenvalue weighted by Crippen LogP contribution is -2.16. The number of hydrogen-bond donors (Lipinski definition) is 0. The Morgan fingerprint density at radius 3 is 2.70 bits per heavy atom. The average molecular weight is 484 g/mol. The summed E-state index contributed by atoms with van der Waals surface area (Å²) in [6, 6.07) is 15.2. The Bertz CT molecular complexity index is 1220. The van der Waals surface area contributed by atoms with E-state index in [1.54, 1.807) is 13.2 Å². The van der Waals surface area contributed by atoms with Crippen molar-refractivity contribution in [1.29, 1.82) is 0 Å². The molecule has 8 nitrogen and oxygen atoms in total. The van der Waals surface area contributed by atoms with Crippen molar-refractivity contribution in [2.45, 2.75) is 36.4 Å². The van der Waals surface area contributed by atoms with Crippen LogP contribution in [-0.2, 0) is 17.0 Å². The summed E-state index contributed by atoms with van der Waals surface area (Å²) in [6.07, 6.45) is 2.24. The van der Waals surface area contributed by atoms with Gasteiger partial charge in [0.1, 0.15) is 5.75 Å². The number of hydrogen-bond acceptors (Lipinski definition) is 8. The summed E-state index contributed by atoms with van der Waals surface area (Å²) in [5, 5.41) is 18.6. The first-order valence-electron chi connectivity index (χ1n) is 10.6. The maximum absolute atomic E-state index is 6.25. The van der Waals surface area contributed by atoms with E-state index in [2.05, 4.69) is 25.0 Å². The van der Waals surface area contributed by atoms with Gasteiger partial charge in [0, 0.05) is 12.2 Å². The highest BCUT2D eigenvalue weighted by molar-refractivity contribution is 7.98. The van der Waals surface area contributed by atoms with Crippen LogP contribution in [0.3, 0.4) is 0 Å². The van der Waals surface area contributed by atoms with Crippen molar-refractivity contribution in [1.82, 2.24) is 25.0 Å². The van der Waals surface area contributed by atoms with Gasteiger partial charge in [-0.25, -0.2) is 0 Å². The van der Waals surface area contributed by atoms with Crippen molar-refractivity contribution in [2.24, 2.45) is 0 Å². The summed E-state index contributed by atoms with van der Waals surface area (Å²) < 4.78 is 19.1. The summed E-state index contributed by atoms with van der Waals surface area (Å²) in [5.41, 5.74) is 1.68. The summed E-state index contributed by atoms with van der Waals surface area (Å²) in [6.45, 7) is 1.48. The summed E-state index contributed by atoms with van der Waals surface area (Å²) >= 11 is 7.75. The Kier molecular flexibility index (Phi) is 6.61. The monoisotopic (exact) mass is 483 g/mol. The number of methoxy groups -OCH3 is 1. The molecule has 170 valence electrons. The molecule has 2 aromatic heterocycles. The number of thioether (sulfide) groups is 1. The van der Waals surface area contributed by atoms with Crippen molar-refractivity contribution in [3.8, 4) is 28.6 Å². The molecule has 2 aromatic carbocycles. The van der Waals surface area contributed by atoms with Gasteiger partial charge in [-0.3, -0.25) is 4.57 Å². The van der Waals surface area contributed by atoms with Gasteiger partial charge in [0.2, 0.25) is 11.8 Å². The van der Waals surface area contributed by atoms with Gasteiger partial charge in [0.05, 0.1) is 36.1 Å². The third kappa shape index (κ3) is 4.90. The maximum Gasteiger partial charge on any atom is 0.249 e. The molecule has 0 N–H and O–H groups in total. The van der Waals surface area contributed by atoms with E-state index in [0.717, 1.165) is 41.7 Å². The second kappa shape index (κ2) is 9.94. The zero-order chi connectivity index (χ0) is 22.6. The molecule has 3 heterocycles. The number of nitrogens with zero attached hydrogens (tertiary/aromatic N) is 5. The highest BCUT2D eigenvalue weighted by Gasteiger charge is 2.22. The Morgan fingerprint density at radius 1 is 1.09 bits per heavy atom. The minimum absolute atomic E-state index is 0.146. The lowest BCUT2D eigenvalue weighted by molar-refractivity contribution is 0.0953. The summed E-state index contributed by atoms with van der Waals surface area (Å²) in [4.78, 5) is 0. The molecule has 0 aliphatic carbocycles. The molecule has 0 bridgehead atoms. The lowest BCUT2D eigenvalue weighted by atomic mass is 10.2. The van der Waals surface area contributed by atoms with Crippen molar-refractivity contribution in [3.63, 3.8) is 0 Å². The first kappa shape index (κ1) is 21.9. The van der Waals surface area contributed by atoms with Crippen molar-refractivity contribution < 1.29 is 13.9 Å². The fourth-order valence-corrected chi connectivity index (χ4v) is 4.69. The number of aromatic nitrogens is 5. The molecule has 5 rings (SSSR count). The number of rotatable bonds is 8. The number of benzene rings is 2. The van der Waals surface area contributed by atoms with Crippen LogP contribution in [0.25, 0.3) is 22.8 Å². The Morgan fingerprint density at radius 2 is 1.94 bits per heavy atom. The minimum atomic E-state index is 0.146. The molecule has 4 aromatic rings. The highest BCUT2D eigenvalue weighted by Crippen LogP contribution is 2.31. The third-order valence-corrected chi connectivity index (χ3v) is 6.65. The van der Waals surface area contributed by atoms with Crippen molar-refractivity contribution in [3.05, 3.63) is 59.4 Å². The van der Waals surface area contributed by atoms with Crippen LogP contribution in [0.5, 0.6) is 5.75 Å². The smallest absolute Gasteiger partial charge is 0.249 e. The van der Waals surface area contributed by atoms with Crippen LogP contribution in [0, 0.1) is 0 Å². The van der Waals surface area contributed by atoms with E-state index in [4.69, 9.17) is 25.5 Å². The predicted octanol–water partition coefficient (Wildman–Crippen LogP) is 5.13. The molecule has 1 aliphatic rings. The van der Waals surface area contributed by atoms with Crippen LogP contribution in [0.15, 0.2) is 58.1 Å². The van der Waals surface area contributed by atoms with Gasteiger partial charge >= 0.3 is 0 Å². The van der Waals surface area contributed by atoms with Gasteiger partial charge in [0.25, 0.3) is 0 Å². The average Bonchev–Trinajstić information content (AvgIpc) is 3.60. The summed E-state index contributed by atoms with van der Waals surface area (Å²) in [5.74, 6) is 2.94. The lowest BCUT2D eigenvalue weighted by Gasteiger charge is -2.14. The van der Waals surface area contributed by atoms with Gasteiger partial charge in [-0.1, -0.05) is 35.5 Å². The van der Waals surface area contributed by atoms with Crippen LogP contribution in [0.2, 0.25) is 5.02 Å². The fourth-order valence-electron chi connectivity index (χ4n) is 3.69. The van der Waals surface area contributed by atoms with Crippen LogP contribution in [0.4, 0.5) is 0 Å². The third-order valence-electron chi connectivity index (χ3n) is 5.37. The first-order valence-corrected chi connectivity index (χ1v) is 12.0. The molecule has 1 aliphatic heterocycles. The molecule has 0 unspecified atom stereocenters. The zero-order valence-electron chi connectivity index (χ0n) is 18.0. The molecule has 0 radical (unpaired) electrons. The van der Waals surface area contributed by atoms with Crippen molar-refractivity contribution in [2.75, 3.05) is 13.7 Å². The topological polar surface area (TPSA) is 88.1 Å². The zero-order valence-corrected chi connectivity index (χ0v) is 19.6. The van der Waals surface area contributed by atoms with Gasteiger partial charge in [-0.15, -0.1) is 20.4 Å². The van der Waals surface area contributed by atoms with Crippen LogP contribution < -0.4 is 4.74 Å². The molecular weight excluding hydrogens is 462 g/mol. The summed E-state index contributed by atoms with van der Waals surface area (Å²) in [7, 11) is 1.65. The molecular formula is C23H22ClN5O3S. The molecule has 1 atom stereocenters. The second-order valence-electron chi connectivity index (χ2n) is 7.55. The van der Waals surface area contributed by atoms with E-state index in [1.807, 2.05) is 42.5 Å². The second-order valence-corrected chi connectivity index (χ2v) is 8.90. The fraction of sp³-hybridized carbons (Fsp3) is 0.304. The van der Waals surface area contributed by atoms with E-state index in [9.17, 15) is 0 Å². The van der Waals surface area contributed by atoms with E-state index in [-0.39, 0.29) is 6.10 Å². The molecule has 10 heteroatoms. The number of halogens is 1. The van der Waals surface area contributed by atoms with Crippen LogP contribution >= 0.6 is 23.4 Å². The van der Waals surface area contributed by atoms with E-state index < -0.39 is 0 Å². The van der Waals surface area contributed by atoms with Crippen LogP contribution in [0.1, 0.15) is 18.7 Å². The van der Waals surface area contributed by atoms with Gasteiger partial charge in [0.15, 0.2) is 11.0 Å². The molecule has 0 saturated carbocycles. The van der Waals surface area contributed by atoms with Gasteiger partial charge < -0.3 is 13.9 Å². The first-order chi connectivity index (χ1) is 16.2. The predicted molar refractivity (Wildman–Crippen MR) is 125 cm³/mol. The molecule has 1 fully saturated rings. The Hall–Kier alpha value is -2.88. The number of ether oxygens (including phenoxy) is 2. The SMILES string of the molecule is COc1ccc(-c2nnc(SCc3nnc(-c4ccccc4Cl)o3)n2C[C@H]2CCCO2)cc1. The minimum Gasteiger partial charge on any atom is -0.497 e. The van der Waals surface area contributed by atoms with E-state index >= 15 is 0 Å². The quantitative estimate of drug-likeness (QED) is 0.319. The molecule has 0 amide bonds.